The van der Waals surface area contributed by atoms with Crippen molar-refractivity contribution < 1.29 is 37.3 Å². The van der Waals surface area contributed by atoms with Crippen LogP contribution in [-0.2, 0) is 27.9 Å². The molecule has 9 nitrogen and oxygen atoms in total. The van der Waals surface area contributed by atoms with E-state index in [0.29, 0.717) is 17.4 Å². The number of allylic oxidation sites excluding steroid dienone is 7. The van der Waals surface area contributed by atoms with Gasteiger partial charge >= 0.3 is 5.97 Å². The average molecular weight is 1260 g/mol. The summed E-state index contributed by atoms with van der Waals surface area (Å²) in [5.41, 5.74) is 0. The van der Waals surface area contributed by atoms with Crippen molar-refractivity contribution in [2.75, 3.05) is 40.9 Å². The number of carbonyl (C=O) groups excluding carboxylic acids is 2. The molecule has 0 spiro atoms. The van der Waals surface area contributed by atoms with Crippen LogP contribution in [-0.4, -0.2) is 69.4 Å². The Hall–Kier alpha value is -2.03. The zero-order valence-electron chi connectivity index (χ0n) is 59.5. The number of phosphoric ester groups is 1. The minimum atomic E-state index is -4.70. The summed E-state index contributed by atoms with van der Waals surface area (Å²) in [5.74, 6) is -0.521. The number of ether oxygens (including phenoxy) is 1. The molecule has 0 aromatic rings. The number of esters is 1. The molecule has 10 heteroatoms. The number of rotatable bonds is 71. The molecule has 0 aliphatic rings. The lowest BCUT2D eigenvalue weighted by atomic mass is 10.0. The molecule has 0 heterocycles. The van der Waals surface area contributed by atoms with Gasteiger partial charge in [0.2, 0.25) is 5.91 Å². The molecule has 0 bridgehead atoms. The predicted molar refractivity (Wildman–Crippen MR) is 381 cm³/mol. The third-order valence-electron chi connectivity index (χ3n) is 17.5. The highest BCUT2D eigenvalue weighted by Gasteiger charge is 2.27. The van der Waals surface area contributed by atoms with Crippen LogP contribution >= 0.6 is 7.82 Å². The molecule has 88 heavy (non-hydrogen) atoms. The Labute approximate surface area is 548 Å². The Morgan fingerprint density at radius 2 is 0.693 bits per heavy atom. The van der Waals surface area contributed by atoms with Gasteiger partial charge < -0.3 is 28.5 Å². The molecule has 3 atom stereocenters. The fraction of sp³-hybridized carbons (Fsp3) is 0.872. The van der Waals surface area contributed by atoms with E-state index in [-0.39, 0.29) is 31.5 Å². The number of likely N-dealkylation sites (N-methyl/N-ethyl adjacent to an activating group) is 1. The van der Waals surface area contributed by atoms with Crippen LogP contribution in [0, 0.1) is 0 Å². The minimum absolute atomic E-state index is 0.0200. The molecular formula is C78H149N2O7P. The summed E-state index contributed by atoms with van der Waals surface area (Å²) >= 11 is 0. The number of nitrogens with zero attached hydrogens (tertiary/aromatic N) is 1. The number of phosphoric acid groups is 1. The predicted octanol–water partition coefficient (Wildman–Crippen LogP) is 24.1. The van der Waals surface area contributed by atoms with Gasteiger partial charge in [-0.1, -0.05) is 333 Å². The highest BCUT2D eigenvalue weighted by Crippen LogP contribution is 2.38. The maximum Gasteiger partial charge on any atom is 0.306 e. The van der Waals surface area contributed by atoms with Gasteiger partial charge in [0.15, 0.2) is 0 Å². The standard InChI is InChI=1S/C78H149N2O7P/c1-7-10-13-16-19-22-25-28-30-32-34-36-38-39-40-41-43-44-46-48-50-52-55-58-61-64-67-70-77(81)79-75(74-86-88(83,84)85-73-72-80(4,5)6)76(69-66-63-60-57-54-27-24-21-18-15-12-9-3)87-78(82)71-68-65-62-59-56-53-51-49-47-45-42-37-35-33-31-29-26-23-20-17-14-11-8-2/h19,22,28-31,66,69,75-76H,7-18,20-21,23-27,32-65,67-68,70-74H2,1-6H3,(H-,79,81,83,84)/b22-19-,30-28-,31-29+,69-66-. The average Bonchev–Trinajstić information content (AvgIpc) is 3.66. The van der Waals surface area contributed by atoms with Gasteiger partial charge in [-0.2, -0.15) is 0 Å². The zero-order valence-corrected chi connectivity index (χ0v) is 60.3. The highest BCUT2D eigenvalue weighted by atomic mass is 31.2. The summed E-state index contributed by atoms with van der Waals surface area (Å²) in [4.78, 5) is 40.3. The van der Waals surface area contributed by atoms with Gasteiger partial charge in [-0.3, -0.25) is 14.2 Å². The van der Waals surface area contributed by atoms with E-state index in [1.54, 1.807) is 0 Å². The van der Waals surface area contributed by atoms with Crippen molar-refractivity contribution in [1.82, 2.24) is 5.32 Å². The van der Waals surface area contributed by atoms with Crippen molar-refractivity contribution in [3.63, 3.8) is 0 Å². The molecule has 3 unspecified atom stereocenters. The molecule has 1 N–H and O–H groups in total. The maximum absolute atomic E-state index is 13.6. The summed E-state index contributed by atoms with van der Waals surface area (Å²) in [5, 5.41) is 3.06. The van der Waals surface area contributed by atoms with Crippen LogP contribution in [0.15, 0.2) is 48.6 Å². The lowest BCUT2D eigenvalue weighted by Gasteiger charge is -2.30. The molecule has 0 rings (SSSR count). The van der Waals surface area contributed by atoms with E-state index in [4.69, 9.17) is 13.8 Å². The van der Waals surface area contributed by atoms with Crippen LogP contribution in [0.25, 0.3) is 0 Å². The van der Waals surface area contributed by atoms with Crippen molar-refractivity contribution in [3.05, 3.63) is 48.6 Å². The van der Waals surface area contributed by atoms with E-state index in [9.17, 15) is 19.0 Å². The minimum Gasteiger partial charge on any atom is -0.756 e. The van der Waals surface area contributed by atoms with Gasteiger partial charge in [-0.05, 0) is 89.5 Å². The fourth-order valence-electron chi connectivity index (χ4n) is 11.6. The number of quaternary nitrogens is 1. The summed E-state index contributed by atoms with van der Waals surface area (Å²) in [6.45, 7) is 6.88. The molecule has 0 aliphatic carbocycles. The van der Waals surface area contributed by atoms with Crippen LogP contribution in [0.4, 0.5) is 0 Å². The lowest BCUT2D eigenvalue weighted by molar-refractivity contribution is -0.870. The van der Waals surface area contributed by atoms with Crippen molar-refractivity contribution in [1.29, 1.82) is 0 Å². The molecule has 1 amide bonds. The largest absolute Gasteiger partial charge is 0.756 e. The molecule has 0 saturated heterocycles. The van der Waals surface area contributed by atoms with Crippen LogP contribution in [0.3, 0.4) is 0 Å². The van der Waals surface area contributed by atoms with Gasteiger partial charge in [0, 0.05) is 12.8 Å². The topological polar surface area (TPSA) is 114 Å². The Morgan fingerprint density at radius 1 is 0.398 bits per heavy atom. The highest BCUT2D eigenvalue weighted by molar-refractivity contribution is 7.45. The van der Waals surface area contributed by atoms with Crippen molar-refractivity contribution in [2.24, 2.45) is 0 Å². The first-order valence-electron chi connectivity index (χ1n) is 38.4. The second kappa shape index (κ2) is 67.8. The fourth-order valence-corrected chi connectivity index (χ4v) is 12.3. The second-order valence-electron chi connectivity index (χ2n) is 27.5. The van der Waals surface area contributed by atoms with Gasteiger partial charge in [0.05, 0.1) is 33.8 Å². The smallest absolute Gasteiger partial charge is 0.306 e. The Morgan fingerprint density at radius 3 is 1.06 bits per heavy atom. The van der Waals surface area contributed by atoms with Crippen molar-refractivity contribution in [3.8, 4) is 0 Å². The number of unbranched alkanes of at least 4 members (excludes halogenated alkanes) is 49. The SMILES string of the molecule is CCCCC/C=C\C/C=C\CCCCCCCCCCCCCCCCCCCC(=O)NC(COP(=O)([O-])OCC[N+](C)(C)C)C(/C=C\CCCCCCCCCCCC)OC(=O)CCCCCCCCCCCCCCC/C=C/CCCCCCCC. The lowest BCUT2D eigenvalue weighted by Crippen LogP contribution is -2.47. The van der Waals surface area contributed by atoms with E-state index in [1.807, 2.05) is 33.3 Å². The molecule has 0 aromatic carbocycles. The van der Waals surface area contributed by atoms with E-state index in [0.717, 1.165) is 64.2 Å². The summed E-state index contributed by atoms with van der Waals surface area (Å²) in [6, 6.07) is -0.887. The van der Waals surface area contributed by atoms with Crippen LogP contribution in [0.1, 0.15) is 387 Å². The summed E-state index contributed by atoms with van der Waals surface area (Å²) in [7, 11) is 1.20. The Bertz CT molecular complexity index is 1640. The van der Waals surface area contributed by atoms with Gasteiger partial charge in [0.25, 0.3) is 7.82 Å². The molecular weight excluding hydrogens is 1110 g/mol. The van der Waals surface area contributed by atoms with E-state index < -0.39 is 20.0 Å². The molecule has 0 fully saturated rings. The maximum atomic E-state index is 13.6. The number of nitrogens with one attached hydrogen (secondary N) is 1. The molecule has 0 aromatic heterocycles. The van der Waals surface area contributed by atoms with Crippen LogP contribution in [0.5, 0.6) is 0 Å². The molecule has 0 saturated carbocycles. The Kier molecular flexibility index (Phi) is 66.3. The third-order valence-corrected chi connectivity index (χ3v) is 18.4. The summed E-state index contributed by atoms with van der Waals surface area (Å²) in [6.07, 6.45) is 86.8. The molecule has 518 valence electrons. The Balaban J connectivity index is 4.93. The first-order chi connectivity index (χ1) is 42.9. The van der Waals surface area contributed by atoms with Gasteiger partial charge in [0.1, 0.15) is 19.3 Å². The van der Waals surface area contributed by atoms with E-state index >= 15 is 0 Å². The van der Waals surface area contributed by atoms with Crippen molar-refractivity contribution >= 4 is 19.7 Å². The number of carbonyl (C=O) groups is 2. The third kappa shape index (κ3) is 68.3. The molecule has 0 aliphatic heterocycles. The van der Waals surface area contributed by atoms with Crippen molar-refractivity contribution in [2.45, 2.75) is 399 Å². The summed E-state index contributed by atoms with van der Waals surface area (Å²) < 4.78 is 30.5. The number of hydrogen-bond acceptors (Lipinski definition) is 7. The molecule has 0 radical (unpaired) electrons. The van der Waals surface area contributed by atoms with Crippen LogP contribution < -0.4 is 10.2 Å². The first kappa shape index (κ1) is 86.0. The number of hydrogen-bond donors (Lipinski definition) is 1. The van der Waals surface area contributed by atoms with Crippen LogP contribution in [0.2, 0.25) is 0 Å². The van der Waals surface area contributed by atoms with Gasteiger partial charge in [-0.25, -0.2) is 0 Å². The monoisotopic (exact) mass is 1260 g/mol. The first-order valence-corrected chi connectivity index (χ1v) is 39.9. The second-order valence-corrected chi connectivity index (χ2v) is 28.9. The van der Waals surface area contributed by atoms with E-state index in [2.05, 4.69) is 62.5 Å². The quantitative estimate of drug-likeness (QED) is 0.0212. The van der Waals surface area contributed by atoms with Gasteiger partial charge in [-0.15, -0.1) is 0 Å². The normalized spacial score (nSPS) is 13.7. The van der Waals surface area contributed by atoms with E-state index in [1.165, 1.54) is 289 Å². The zero-order chi connectivity index (χ0) is 64.2. The number of amides is 1.